The summed E-state index contributed by atoms with van der Waals surface area (Å²) >= 11 is 0. The van der Waals surface area contributed by atoms with E-state index in [0.717, 1.165) is 18.8 Å². The van der Waals surface area contributed by atoms with Gasteiger partial charge in [-0.05, 0) is 55.6 Å². The molecular formula is C20H25NO. The van der Waals surface area contributed by atoms with Crippen molar-refractivity contribution >= 4 is 0 Å². The van der Waals surface area contributed by atoms with E-state index in [0.29, 0.717) is 0 Å². The maximum absolute atomic E-state index is 5.86. The second kappa shape index (κ2) is 8.00. The van der Waals surface area contributed by atoms with Gasteiger partial charge in [0.1, 0.15) is 5.75 Å². The van der Waals surface area contributed by atoms with E-state index in [1.54, 1.807) is 0 Å². The minimum absolute atomic E-state index is 0.807. The monoisotopic (exact) mass is 295 g/mol. The van der Waals surface area contributed by atoms with Crippen LogP contribution in [0.2, 0.25) is 0 Å². The maximum atomic E-state index is 5.86. The molecule has 2 heteroatoms. The number of hydrogen-bond acceptors (Lipinski definition) is 2. The van der Waals surface area contributed by atoms with Gasteiger partial charge in [0, 0.05) is 6.54 Å². The summed E-state index contributed by atoms with van der Waals surface area (Å²) in [4.78, 5) is 2.56. The lowest BCUT2D eigenvalue weighted by Gasteiger charge is -2.26. The van der Waals surface area contributed by atoms with Gasteiger partial charge in [-0.2, -0.15) is 0 Å². The molecule has 116 valence electrons. The third-order valence-corrected chi connectivity index (χ3v) is 4.30. The molecule has 2 aromatic carbocycles. The van der Waals surface area contributed by atoms with Crippen LogP contribution in [0.25, 0.3) is 11.1 Å². The van der Waals surface area contributed by atoms with Crippen molar-refractivity contribution in [3.8, 4) is 16.9 Å². The summed E-state index contributed by atoms with van der Waals surface area (Å²) in [6, 6.07) is 18.9. The summed E-state index contributed by atoms with van der Waals surface area (Å²) in [6.07, 6.45) is 5.24. The molecule has 0 aliphatic carbocycles. The quantitative estimate of drug-likeness (QED) is 0.722. The highest BCUT2D eigenvalue weighted by Crippen LogP contribution is 2.22. The molecule has 2 nitrogen and oxygen atoms in total. The van der Waals surface area contributed by atoms with Crippen molar-refractivity contribution in [3.05, 3.63) is 54.6 Å². The van der Waals surface area contributed by atoms with E-state index in [-0.39, 0.29) is 0 Å². The van der Waals surface area contributed by atoms with Gasteiger partial charge in [-0.3, -0.25) is 0 Å². The molecule has 0 atom stereocenters. The van der Waals surface area contributed by atoms with E-state index in [1.807, 2.05) is 6.07 Å². The standard InChI is InChI=1S/C20H25NO/c1-3-8-18(9-4-1)19-10-12-20(13-11-19)22-17-7-16-21-14-5-2-6-15-21/h1,3-4,8-13H,2,5-7,14-17H2. The Hall–Kier alpha value is -1.80. The first kappa shape index (κ1) is 15.1. The predicted molar refractivity (Wildman–Crippen MR) is 92.3 cm³/mol. The molecule has 3 rings (SSSR count). The van der Waals surface area contributed by atoms with Gasteiger partial charge in [0.05, 0.1) is 6.61 Å². The number of likely N-dealkylation sites (tertiary alicyclic amines) is 1. The van der Waals surface area contributed by atoms with Gasteiger partial charge in [0.2, 0.25) is 0 Å². The molecule has 0 aromatic heterocycles. The van der Waals surface area contributed by atoms with E-state index < -0.39 is 0 Å². The van der Waals surface area contributed by atoms with E-state index in [9.17, 15) is 0 Å². The summed E-state index contributed by atoms with van der Waals surface area (Å²) in [5.41, 5.74) is 2.49. The highest BCUT2D eigenvalue weighted by atomic mass is 16.5. The number of rotatable bonds is 6. The number of ether oxygens (including phenoxy) is 1. The fraction of sp³-hybridized carbons (Fsp3) is 0.400. The summed E-state index contributed by atoms with van der Waals surface area (Å²) in [6.45, 7) is 4.51. The average molecular weight is 295 g/mol. The Labute approximate surface area is 133 Å². The van der Waals surface area contributed by atoms with E-state index in [4.69, 9.17) is 4.74 Å². The van der Waals surface area contributed by atoms with Crippen LogP contribution in [-0.4, -0.2) is 31.1 Å². The smallest absolute Gasteiger partial charge is 0.119 e. The van der Waals surface area contributed by atoms with Crippen molar-refractivity contribution in [1.82, 2.24) is 4.90 Å². The SMILES string of the molecule is c1ccc(-c2ccc(OCCCN3CCCCC3)cc2)cc1. The van der Waals surface area contributed by atoms with Crippen molar-refractivity contribution in [1.29, 1.82) is 0 Å². The Morgan fingerprint density at radius 1 is 0.773 bits per heavy atom. The minimum Gasteiger partial charge on any atom is -0.494 e. The Morgan fingerprint density at radius 2 is 1.45 bits per heavy atom. The number of hydrogen-bond donors (Lipinski definition) is 0. The first-order valence-corrected chi connectivity index (χ1v) is 8.42. The second-order valence-corrected chi connectivity index (χ2v) is 5.99. The van der Waals surface area contributed by atoms with Gasteiger partial charge >= 0.3 is 0 Å². The number of nitrogens with zero attached hydrogens (tertiary/aromatic N) is 1. The van der Waals surface area contributed by atoms with Crippen LogP contribution in [0.5, 0.6) is 5.75 Å². The molecule has 0 unspecified atom stereocenters. The Kier molecular flexibility index (Phi) is 5.49. The van der Waals surface area contributed by atoms with E-state index in [1.165, 1.54) is 50.0 Å². The number of piperidine rings is 1. The predicted octanol–water partition coefficient (Wildman–Crippen LogP) is 4.61. The zero-order chi connectivity index (χ0) is 15.0. The van der Waals surface area contributed by atoms with Crippen molar-refractivity contribution < 1.29 is 4.74 Å². The zero-order valence-electron chi connectivity index (χ0n) is 13.2. The van der Waals surface area contributed by atoms with E-state index in [2.05, 4.69) is 53.4 Å². The topological polar surface area (TPSA) is 12.5 Å². The van der Waals surface area contributed by atoms with Crippen molar-refractivity contribution in [2.24, 2.45) is 0 Å². The third kappa shape index (κ3) is 4.35. The zero-order valence-corrected chi connectivity index (χ0v) is 13.2. The molecule has 0 amide bonds. The molecule has 2 aromatic rings. The highest BCUT2D eigenvalue weighted by molar-refractivity contribution is 5.63. The van der Waals surface area contributed by atoms with Crippen molar-refractivity contribution in [2.45, 2.75) is 25.7 Å². The van der Waals surface area contributed by atoms with Gasteiger partial charge in [0.15, 0.2) is 0 Å². The molecule has 1 aliphatic rings. The molecule has 0 spiro atoms. The van der Waals surface area contributed by atoms with Crippen LogP contribution in [0.1, 0.15) is 25.7 Å². The highest BCUT2D eigenvalue weighted by Gasteiger charge is 2.09. The lowest BCUT2D eigenvalue weighted by molar-refractivity contribution is 0.205. The average Bonchev–Trinajstić information content (AvgIpc) is 2.61. The maximum Gasteiger partial charge on any atom is 0.119 e. The molecule has 0 saturated carbocycles. The van der Waals surface area contributed by atoms with Crippen LogP contribution < -0.4 is 4.74 Å². The fourth-order valence-electron chi connectivity index (χ4n) is 3.04. The van der Waals surface area contributed by atoms with Gasteiger partial charge in [-0.1, -0.05) is 48.9 Å². The van der Waals surface area contributed by atoms with Gasteiger partial charge in [-0.25, -0.2) is 0 Å². The molecule has 1 heterocycles. The first-order chi connectivity index (χ1) is 10.9. The third-order valence-electron chi connectivity index (χ3n) is 4.30. The minimum atomic E-state index is 0.807. The summed E-state index contributed by atoms with van der Waals surface area (Å²) < 4.78 is 5.86. The molecule has 0 bridgehead atoms. The van der Waals surface area contributed by atoms with Gasteiger partial charge in [0.25, 0.3) is 0 Å². The number of benzene rings is 2. The van der Waals surface area contributed by atoms with Crippen molar-refractivity contribution in [3.63, 3.8) is 0 Å². The summed E-state index contributed by atoms with van der Waals surface area (Å²) in [7, 11) is 0. The lowest BCUT2D eigenvalue weighted by atomic mass is 10.1. The van der Waals surface area contributed by atoms with Crippen LogP contribution >= 0.6 is 0 Å². The fourth-order valence-corrected chi connectivity index (χ4v) is 3.04. The van der Waals surface area contributed by atoms with Gasteiger partial charge < -0.3 is 9.64 Å². The molecule has 0 radical (unpaired) electrons. The summed E-state index contributed by atoms with van der Waals surface area (Å²) in [5.74, 6) is 0.971. The molecular weight excluding hydrogens is 270 g/mol. The normalized spacial score (nSPS) is 15.6. The molecule has 1 saturated heterocycles. The lowest BCUT2D eigenvalue weighted by Crippen LogP contribution is -2.31. The van der Waals surface area contributed by atoms with E-state index >= 15 is 0 Å². The van der Waals surface area contributed by atoms with Crippen LogP contribution in [0.4, 0.5) is 0 Å². The Bertz CT molecular complexity index is 544. The first-order valence-electron chi connectivity index (χ1n) is 8.42. The van der Waals surface area contributed by atoms with Crippen LogP contribution in [0.3, 0.4) is 0 Å². The molecule has 0 N–H and O–H groups in total. The summed E-state index contributed by atoms with van der Waals surface area (Å²) in [5, 5.41) is 0. The molecule has 1 aliphatic heterocycles. The second-order valence-electron chi connectivity index (χ2n) is 5.99. The Morgan fingerprint density at radius 3 is 2.18 bits per heavy atom. The van der Waals surface area contributed by atoms with Crippen LogP contribution in [0.15, 0.2) is 54.6 Å². The largest absolute Gasteiger partial charge is 0.494 e. The van der Waals surface area contributed by atoms with Crippen LogP contribution in [-0.2, 0) is 0 Å². The Balaban J connectivity index is 1.43. The van der Waals surface area contributed by atoms with Crippen molar-refractivity contribution in [2.75, 3.05) is 26.2 Å². The molecule has 1 fully saturated rings. The van der Waals surface area contributed by atoms with Crippen LogP contribution in [0, 0.1) is 0 Å². The molecule has 22 heavy (non-hydrogen) atoms. The van der Waals surface area contributed by atoms with Gasteiger partial charge in [-0.15, -0.1) is 0 Å².